The third-order valence-electron chi connectivity index (χ3n) is 0. The topological polar surface area (TPSA) is 0 Å². The first-order valence-electron chi connectivity index (χ1n) is 0.239. The summed E-state index contributed by atoms with van der Waals surface area (Å²) in [5, 5.41) is 0. The second-order valence-corrected chi connectivity index (χ2v) is 3.75. The first kappa shape index (κ1) is 9.38. The first-order valence-corrected chi connectivity index (χ1v) is 4.78. The van der Waals surface area contributed by atoms with Crippen molar-refractivity contribution >= 4 is 30.7 Å². The van der Waals surface area contributed by atoms with Crippen LogP contribution in [-0.4, -0.2) is 0 Å². The Balaban J connectivity index is 0. The summed E-state index contributed by atoms with van der Waals surface area (Å²) in [6.07, 6.45) is 0. The normalized spacial score (nSPS) is 5.50. The van der Waals surface area contributed by atoms with Crippen LogP contribution in [0.4, 0.5) is 0 Å². The molecule has 0 aromatic heterocycles. The third kappa shape index (κ3) is 8.99. The minimum Gasteiger partial charge on any atom is 0 e. The van der Waals surface area contributed by atoms with Crippen LogP contribution in [0, 0.1) is 0 Å². The zero-order chi connectivity index (χ0) is 2.71. The average molecular weight is 280 g/mol. The van der Waals surface area contributed by atoms with Crippen molar-refractivity contribution < 1.29 is 26.9 Å². The van der Waals surface area contributed by atoms with Crippen LogP contribution in [0.2, 0.25) is 0 Å². The molecular formula is ClINi2. The zero-order valence-corrected chi connectivity index (χ0v) is 6.28. The first-order chi connectivity index (χ1) is 1.41. The SMILES string of the molecule is [Cl][Ni][I].[Ni]. The number of hydrogen-bond acceptors (Lipinski definition) is 0. The maximum absolute atomic E-state index is 4.92. The molecule has 0 aliphatic heterocycles. The monoisotopic (exact) mass is 278 g/mol. The molecule has 4 heavy (non-hydrogen) atoms. The van der Waals surface area contributed by atoms with Crippen molar-refractivity contribution in [1.82, 2.24) is 0 Å². The molecule has 0 N–H and O–H groups in total. The summed E-state index contributed by atoms with van der Waals surface area (Å²) < 4.78 is 0. The molecule has 0 saturated carbocycles. The van der Waals surface area contributed by atoms with Gasteiger partial charge in [0.05, 0.1) is 0 Å². The summed E-state index contributed by atoms with van der Waals surface area (Å²) in [7, 11) is 5.99. The number of rotatable bonds is 0. The van der Waals surface area contributed by atoms with Crippen LogP contribution < -0.4 is 0 Å². The van der Waals surface area contributed by atoms with E-state index in [9.17, 15) is 0 Å². The number of halogens is 2. The second-order valence-electron chi connectivity index (χ2n) is 0.0452. The van der Waals surface area contributed by atoms with Gasteiger partial charge in [0.2, 0.25) is 0 Å². The fraction of sp³-hybridized carbons (Fsp3) is 0. The molecule has 0 amide bonds. The molecule has 0 aliphatic rings. The van der Waals surface area contributed by atoms with E-state index >= 15 is 0 Å². The van der Waals surface area contributed by atoms with Crippen molar-refractivity contribution in [3.8, 4) is 0 Å². The van der Waals surface area contributed by atoms with Crippen LogP contribution in [0.25, 0.3) is 0 Å². The smallest absolute Gasteiger partial charge is 0 e. The molecule has 0 aromatic carbocycles. The quantitative estimate of drug-likeness (QED) is 0.466. The van der Waals surface area contributed by atoms with Gasteiger partial charge in [0.1, 0.15) is 0 Å². The van der Waals surface area contributed by atoms with Crippen LogP contribution in [0.5, 0.6) is 0 Å². The molecule has 0 spiro atoms. The molecule has 34 valence electrons. The summed E-state index contributed by atoms with van der Waals surface area (Å²) in [5.74, 6) is 0. The molecule has 0 nitrogen and oxygen atoms in total. The minimum atomic E-state index is 0. The molecule has 0 heterocycles. The summed E-state index contributed by atoms with van der Waals surface area (Å²) in [6.45, 7) is 0. The van der Waals surface area contributed by atoms with Gasteiger partial charge in [-0.25, -0.2) is 0 Å². The molecule has 0 fully saturated rings. The summed E-state index contributed by atoms with van der Waals surface area (Å²) in [5.41, 5.74) is 0. The molecule has 0 rings (SSSR count). The minimum absolute atomic E-state index is 0. The van der Waals surface area contributed by atoms with Crippen LogP contribution in [0.1, 0.15) is 0 Å². The van der Waals surface area contributed by atoms with Crippen LogP contribution in [0.3, 0.4) is 0 Å². The number of hydrogen-bond donors (Lipinski definition) is 0. The Labute approximate surface area is 56.9 Å². The van der Waals surface area contributed by atoms with Gasteiger partial charge in [-0.1, -0.05) is 0 Å². The summed E-state index contributed by atoms with van der Waals surface area (Å²) in [6, 6.07) is 0. The predicted octanol–water partition coefficient (Wildman–Crippen LogP) is 1.57. The zero-order valence-electron chi connectivity index (χ0n) is 1.39. The summed E-state index contributed by atoms with van der Waals surface area (Å²) >= 11 is 1.99. The van der Waals surface area contributed by atoms with Gasteiger partial charge < -0.3 is 0 Å². The van der Waals surface area contributed by atoms with E-state index in [1.165, 1.54) is 0 Å². The predicted molar refractivity (Wildman–Crippen MR) is 19.9 cm³/mol. The maximum atomic E-state index is 4.92. The average Bonchev–Trinajstić information content (AvgIpc) is 0.918. The van der Waals surface area contributed by atoms with E-state index in [1.807, 2.05) is 20.5 Å². The van der Waals surface area contributed by atoms with E-state index < -0.39 is 0 Å². The third-order valence-corrected chi connectivity index (χ3v) is 0. The fourth-order valence-electron chi connectivity index (χ4n) is 0. The van der Waals surface area contributed by atoms with Gasteiger partial charge in [-0.3, -0.25) is 0 Å². The Hall–Kier alpha value is 2.01. The Bertz CT molecular complexity index is 6.00. The van der Waals surface area contributed by atoms with Crippen molar-refractivity contribution in [3.05, 3.63) is 0 Å². The standard InChI is InChI=1S/ClH.HI.2Ni/h2*1H;;/q;;;+2/p-2. The van der Waals surface area contributed by atoms with E-state index in [1.54, 1.807) is 0 Å². The van der Waals surface area contributed by atoms with Gasteiger partial charge >= 0.3 is 41.0 Å². The van der Waals surface area contributed by atoms with Gasteiger partial charge in [-0.15, -0.1) is 0 Å². The van der Waals surface area contributed by atoms with Crippen LogP contribution in [0.15, 0.2) is 0 Å². The summed E-state index contributed by atoms with van der Waals surface area (Å²) in [4.78, 5) is 0. The van der Waals surface area contributed by atoms with Crippen molar-refractivity contribution in [3.63, 3.8) is 0 Å². The van der Waals surface area contributed by atoms with Crippen molar-refractivity contribution in [2.75, 3.05) is 0 Å². The van der Waals surface area contributed by atoms with Gasteiger partial charge in [0, 0.05) is 16.5 Å². The molecule has 0 saturated heterocycles. The van der Waals surface area contributed by atoms with Gasteiger partial charge in [-0.2, -0.15) is 0 Å². The molecule has 0 aliphatic carbocycles. The maximum Gasteiger partial charge on any atom is 0 e. The van der Waals surface area contributed by atoms with Gasteiger partial charge in [-0.05, 0) is 0 Å². The molecule has 0 bridgehead atoms. The van der Waals surface area contributed by atoms with Gasteiger partial charge in [0.15, 0.2) is 0 Å². The van der Waals surface area contributed by atoms with Crippen LogP contribution in [-0.2, 0) is 26.9 Å². The molecular weight excluding hydrogens is 280 g/mol. The van der Waals surface area contributed by atoms with Crippen molar-refractivity contribution in [2.45, 2.75) is 0 Å². The Morgan fingerprint density at radius 1 is 1.75 bits per heavy atom. The van der Waals surface area contributed by atoms with Gasteiger partial charge in [0.25, 0.3) is 0 Å². The Kier molecular flexibility index (Phi) is 20.8. The molecule has 4 heteroatoms. The van der Waals surface area contributed by atoms with E-state index in [-0.39, 0.29) is 16.5 Å². The largest absolute Gasteiger partial charge is 0 e. The Morgan fingerprint density at radius 3 is 1.75 bits per heavy atom. The molecule has 0 radical (unpaired) electrons. The van der Waals surface area contributed by atoms with E-state index in [2.05, 4.69) is 0 Å². The Morgan fingerprint density at radius 2 is 1.75 bits per heavy atom. The van der Waals surface area contributed by atoms with Crippen molar-refractivity contribution in [2.24, 2.45) is 0 Å². The van der Waals surface area contributed by atoms with Crippen molar-refractivity contribution in [1.29, 1.82) is 0 Å². The molecule has 0 unspecified atom stereocenters. The van der Waals surface area contributed by atoms with Crippen LogP contribution >= 0.6 is 30.7 Å². The molecule has 0 atom stereocenters. The molecule has 0 aromatic rings. The fourth-order valence-corrected chi connectivity index (χ4v) is 0. The second kappa shape index (κ2) is 8.89. The van der Waals surface area contributed by atoms with E-state index in [4.69, 9.17) is 10.2 Å². The van der Waals surface area contributed by atoms with E-state index in [0.29, 0.717) is 0 Å². The van der Waals surface area contributed by atoms with E-state index in [0.717, 1.165) is 10.4 Å².